The van der Waals surface area contributed by atoms with Crippen LogP contribution in [0.15, 0.2) is 64.2 Å². The summed E-state index contributed by atoms with van der Waals surface area (Å²) in [6.07, 6.45) is 3.51. The summed E-state index contributed by atoms with van der Waals surface area (Å²) in [5, 5.41) is 13.2. The fourth-order valence-corrected chi connectivity index (χ4v) is 2.88. The van der Waals surface area contributed by atoms with Crippen LogP contribution in [-0.4, -0.2) is 29.8 Å². The molecule has 8 heteroatoms. The third-order valence-corrected chi connectivity index (χ3v) is 4.17. The second kappa shape index (κ2) is 5.62. The van der Waals surface area contributed by atoms with Crippen LogP contribution in [0.3, 0.4) is 0 Å². The Morgan fingerprint density at radius 2 is 2.04 bits per heavy atom. The number of aromatic nitrogens is 6. The molecule has 1 N–H and O–H groups in total. The van der Waals surface area contributed by atoms with E-state index in [-0.39, 0.29) is 12.0 Å². The molecule has 1 aromatic carbocycles. The van der Waals surface area contributed by atoms with Gasteiger partial charge in [0.25, 0.3) is 5.56 Å². The molecule has 126 valence electrons. The van der Waals surface area contributed by atoms with Crippen LogP contribution in [0.25, 0.3) is 28.0 Å². The van der Waals surface area contributed by atoms with Crippen LogP contribution in [0.5, 0.6) is 0 Å². The van der Waals surface area contributed by atoms with E-state index in [0.717, 1.165) is 16.5 Å². The van der Waals surface area contributed by atoms with Gasteiger partial charge < -0.3 is 9.40 Å². The predicted octanol–water partition coefficient (Wildman–Crippen LogP) is 2.21. The van der Waals surface area contributed by atoms with E-state index < -0.39 is 0 Å². The van der Waals surface area contributed by atoms with Gasteiger partial charge in [0.05, 0.1) is 6.42 Å². The zero-order chi connectivity index (χ0) is 17.5. The summed E-state index contributed by atoms with van der Waals surface area (Å²) in [6.45, 7) is 0. The number of benzene rings is 1. The molecule has 0 spiro atoms. The molecule has 0 radical (unpaired) electrons. The molecular weight excluding hydrogens is 332 g/mol. The Balaban J connectivity index is 1.48. The van der Waals surface area contributed by atoms with Crippen LogP contribution >= 0.6 is 0 Å². The number of rotatable bonds is 3. The van der Waals surface area contributed by atoms with Gasteiger partial charge >= 0.3 is 0 Å². The molecule has 0 unspecified atom stereocenters. The van der Waals surface area contributed by atoms with Crippen LogP contribution in [0.1, 0.15) is 11.5 Å². The Morgan fingerprint density at radius 1 is 1.12 bits per heavy atom. The van der Waals surface area contributed by atoms with Crippen LogP contribution in [0, 0.1) is 0 Å². The van der Waals surface area contributed by atoms with Crippen molar-refractivity contribution < 1.29 is 4.42 Å². The SMILES string of the molecule is O=c1[nH]c2ccccc2cc1Cc1nnc(-c2ccn3ncnc3c2)o1. The van der Waals surface area contributed by atoms with Gasteiger partial charge in [0.2, 0.25) is 11.8 Å². The molecule has 0 saturated carbocycles. The Morgan fingerprint density at radius 3 is 3.00 bits per heavy atom. The van der Waals surface area contributed by atoms with Crippen molar-refractivity contribution in [2.75, 3.05) is 0 Å². The van der Waals surface area contributed by atoms with E-state index in [4.69, 9.17) is 4.42 Å². The highest BCUT2D eigenvalue weighted by molar-refractivity contribution is 5.78. The zero-order valence-electron chi connectivity index (χ0n) is 13.5. The van der Waals surface area contributed by atoms with Crippen LogP contribution in [-0.2, 0) is 6.42 Å². The Labute approximate surface area is 146 Å². The van der Waals surface area contributed by atoms with Gasteiger partial charge in [0.1, 0.15) is 6.33 Å². The fraction of sp³-hybridized carbons (Fsp3) is 0.0556. The molecule has 4 aromatic heterocycles. The smallest absolute Gasteiger partial charge is 0.252 e. The number of hydrogen-bond acceptors (Lipinski definition) is 6. The van der Waals surface area contributed by atoms with Crippen LogP contribution in [0.2, 0.25) is 0 Å². The molecule has 0 amide bonds. The maximum atomic E-state index is 12.3. The number of para-hydroxylation sites is 1. The number of aromatic amines is 1. The van der Waals surface area contributed by atoms with Gasteiger partial charge in [-0.05, 0) is 29.7 Å². The van der Waals surface area contributed by atoms with Crippen molar-refractivity contribution in [1.29, 1.82) is 0 Å². The maximum Gasteiger partial charge on any atom is 0.252 e. The standard InChI is InChI=1S/C18H12N6O2/c25-17-13(7-11-3-1-2-4-14(11)21-17)9-16-22-23-18(26-16)12-5-6-24-15(8-12)19-10-20-24/h1-8,10H,9H2,(H,21,25). The molecule has 26 heavy (non-hydrogen) atoms. The molecule has 0 aliphatic rings. The van der Waals surface area contributed by atoms with Crippen molar-refractivity contribution in [3.05, 3.63) is 76.8 Å². The minimum Gasteiger partial charge on any atom is -0.420 e. The molecule has 8 nitrogen and oxygen atoms in total. The predicted molar refractivity (Wildman–Crippen MR) is 93.7 cm³/mol. The summed E-state index contributed by atoms with van der Waals surface area (Å²) < 4.78 is 7.38. The molecule has 4 heterocycles. The highest BCUT2D eigenvalue weighted by Gasteiger charge is 2.12. The molecule has 0 aliphatic carbocycles. The van der Waals surface area contributed by atoms with Gasteiger partial charge in [-0.3, -0.25) is 4.79 Å². The van der Waals surface area contributed by atoms with E-state index in [1.54, 1.807) is 10.7 Å². The Kier molecular flexibility index (Phi) is 3.14. The zero-order valence-corrected chi connectivity index (χ0v) is 13.5. The lowest BCUT2D eigenvalue weighted by Crippen LogP contribution is -2.12. The number of nitrogens with zero attached hydrogens (tertiary/aromatic N) is 5. The minimum atomic E-state index is -0.159. The molecule has 0 bridgehead atoms. The lowest BCUT2D eigenvalue weighted by Gasteiger charge is -2.01. The van der Waals surface area contributed by atoms with E-state index >= 15 is 0 Å². The highest BCUT2D eigenvalue weighted by atomic mass is 16.4. The van der Waals surface area contributed by atoms with Crippen molar-refractivity contribution in [2.45, 2.75) is 6.42 Å². The average molecular weight is 344 g/mol. The van der Waals surface area contributed by atoms with Crippen molar-refractivity contribution >= 4 is 16.6 Å². The lowest BCUT2D eigenvalue weighted by molar-refractivity contribution is 0.517. The molecule has 0 fully saturated rings. The second-order valence-corrected chi connectivity index (χ2v) is 5.87. The molecule has 0 aliphatic heterocycles. The first kappa shape index (κ1) is 14.5. The number of hydrogen-bond donors (Lipinski definition) is 1. The molecule has 0 atom stereocenters. The third-order valence-electron chi connectivity index (χ3n) is 4.17. The van der Waals surface area contributed by atoms with Gasteiger partial charge in [-0.1, -0.05) is 18.2 Å². The number of H-pyrrole nitrogens is 1. The number of nitrogens with one attached hydrogen (secondary N) is 1. The second-order valence-electron chi connectivity index (χ2n) is 5.87. The van der Waals surface area contributed by atoms with Gasteiger partial charge in [-0.2, -0.15) is 5.10 Å². The summed E-state index contributed by atoms with van der Waals surface area (Å²) in [5.74, 6) is 0.754. The summed E-state index contributed by atoms with van der Waals surface area (Å²) >= 11 is 0. The van der Waals surface area contributed by atoms with Crippen LogP contribution in [0.4, 0.5) is 0 Å². The summed E-state index contributed by atoms with van der Waals surface area (Å²) in [7, 11) is 0. The normalized spacial score (nSPS) is 11.4. The summed E-state index contributed by atoms with van der Waals surface area (Å²) in [6, 6.07) is 13.1. The van der Waals surface area contributed by atoms with E-state index in [1.807, 2.05) is 42.5 Å². The Bertz CT molecular complexity index is 1300. The first-order chi connectivity index (χ1) is 12.8. The minimum absolute atomic E-state index is 0.159. The first-order valence-electron chi connectivity index (χ1n) is 7.99. The lowest BCUT2D eigenvalue weighted by atomic mass is 10.1. The molecule has 5 rings (SSSR count). The maximum absolute atomic E-state index is 12.3. The average Bonchev–Trinajstić information content (AvgIpc) is 3.31. The van der Waals surface area contributed by atoms with Gasteiger partial charge in [-0.25, -0.2) is 9.50 Å². The van der Waals surface area contributed by atoms with E-state index in [1.165, 1.54) is 6.33 Å². The summed E-state index contributed by atoms with van der Waals surface area (Å²) in [5.41, 5.74) is 2.65. The first-order valence-corrected chi connectivity index (χ1v) is 7.99. The van der Waals surface area contributed by atoms with Gasteiger partial charge in [0, 0.05) is 22.8 Å². The topological polar surface area (TPSA) is 102 Å². The van der Waals surface area contributed by atoms with Crippen molar-refractivity contribution in [2.24, 2.45) is 0 Å². The third kappa shape index (κ3) is 2.44. The van der Waals surface area contributed by atoms with Crippen molar-refractivity contribution in [1.82, 2.24) is 29.8 Å². The fourth-order valence-electron chi connectivity index (χ4n) is 2.88. The molecular formula is C18H12N6O2. The van der Waals surface area contributed by atoms with Crippen LogP contribution < -0.4 is 5.56 Å². The largest absolute Gasteiger partial charge is 0.420 e. The van der Waals surface area contributed by atoms with Gasteiger partial charge in [0.15, 0.2) is 5.65 Å². The quantitative estimate of drug-likeness (QED) is 0.538. The van der Waals surface area contributed by atoms with E-state index in [9.17, 15) is 4.79 Å². The summed E-state index contributed by atoms with van der Waals surface area (Å²) in [4.78, 5) is 19.3. The van der Waals surface area contributed by atoms with Crippen molar-refractivity contribution in [3.8, 4) is 11.5 Å². The van der Waals surface area contributed by atoms with Crippen molar-refractivity contribution in [3.63, 3.8) is 0 Å². The van der Waals surface area contributed by atoms with Gasteiger partial charge in [-0.15, -0.1) is 10.2 Å². The van der Waals surface area contributed by atoms with E-state index in [0.29, 0.717) is 23.0 Å². The monoisotopic (exact) mass is 344 g/mol. The highest BCUT2D eigenvalue weighted by Crippen LogP contribution is 2.20. The number of pyridine rings is 2. The Hall–Kier alpha value is -3.81. The number of fused-ring (bicyclic) bond motifs is 2. The molecule has 0 saturated heterocycles. The molecule has 5 aromatic rings. The van der Waals surface area contributed by atoms with E-state index in [2.05, 4.69) is 25.3 Å².